The summed E-state index contributed by atoms with van der Waals surface area (Å²) in [6, 6.07) is 13.8. The van der Waals surface area contributed by atoms with Gasteiger partial charge in [0.2, 0.25) is 17.7 Å². The molecule has 2 aromatic carbocycles. The van der Waals surface area contributed by atoms with Crippen molar-refractivity contribution < 1.29 is 33.4 Å². The van der Waals surface area contributed by atoms with E-state index in [2.05, 4.69) is 16.0 Å². The predicted octanol–water partition coefficient (Wildman–Crippen LogP) is 1.10. The van der Waals surface area contributed by atoms with Crippen LogP contribution in [-0.4, -0.2) is 74.2 Å². The van der Waals surface area contributed by atoms with E-state index in [4.69, 9.17) is 14.2 Å². The molecule has 3 N–H and O–H groups in total. The van der Waals surface area contributed by atoms with E-state index in [1.165, 1.54) is 0 Å². The molecular weight excluding hydrogens is 502 g/mol. The van der Waals surface area contributed by atoms with Crippen molar-refractivity contribution in [2.75, 3.05) is 20.3 Å². The van der Waals surface area contributed by atoms with Crippen LogP contribution >= 0.6 is 0 Å². The van der Waals surface area contributed by atoms with Gasteiger partial charge in [-0.3, -0.25) is 19.2 Å². The number of amides is 3. The van der Waals surface area contributed by atoms with Crippen LogP contribution in [0.3, 0.4) is 0 Å². The Hall–Kier alpha value is -3.76. The first-order chi connectivity index (χ1) is 18.8. The molecule has 2 heterocycles. The van der Waals surface area contributed by atoms with Crippen molar-refractivity contribution in [3.05, 3.63) is 65.7 Å². The lowest BCUT2D eigenvalue weighted by atomic mass is 9.99. The normalized spacial score (nSPS) is 20.3. The maximum absolute atomic E-state index is 13.6. The first-order valence-corrected chi connectivity index (χ1v) is 13.2. The molecule has 0 spiro atoms. The maximum atomic E-state index is 13.6. The van der Waals surface area contributed by atoms with Gasteiger partial charge in [-0.25, -0.2) is 0 Å². The van der Waals surface area contributed by atoms with Crippen LogP contribution in [0.25, 0.3) is 0 Å². The summed E-state index contributed by atoms with van der Waals surface area (Å²) < 4.78 is 15.8. The molecule has 2 aliphatic rings. The molecule has 2 aliphatic heterocycles. The Morgan fingerprint density at radius 3 is 2.10 bits per heavy atom. The smallest absolute Gasteiger partial charge is 0.249 e. The highest BCUT2D eigenvalue weighted by Gasteiger charge is 2.38. The Balaban J connectivity index is 1.47. The lowest BCUT2D eigenvalue weighted by Crippen LogP contribution is -2.57. The standard InChI is InChI=1S/C29H35N3O7/c1-18(30-29(36)24-9-6-14-38-24)27(34)32-23(16-20-10-12-21(37-2)13-11-20)28(35)31-22(26(33)25-17-39-25)15-19-7-4-3-5-8-19/h3-5,7-8,10-13,18,22-25H,6,9,14-17H2,1-2H3,(H,30,36)(H,31,35)(H,32,34)/t18-,22-,23-,24-,25+/m0/s1. The number of carbonyl (C=O) groups is 4. The maximum Gasteiger partial charge on any atom is 0.249 e. The van der Waals surface area contributed by atoms with Crippen LogP contribution in [0.1, 0.15) is 30.9 Å². The summed E-state index contributed by atoms with van der Waals surface area (Å²) in [4.78, 5) is 52.0. The first kappa shape index (κ1) is 28.3. The van der Waals surface area contributed by atoms with Gasteiger partial charge in [0.25, 0.3) is 0 Å². The summed E-state index contributed by atoms with van der Waals surface area (Å²) in [6.07, 6.45) is 0.735. The molecule has 0 aliphatic carbocycles. The number of benzene rings is 2. The Morgan fingerprint density at radius 1 is 0.846 bits per heavy atom. The second-order valence-electron chi connectivity index (χ2n) is 9.82. The minimum absolute atomic E-state index is 0.167. The minimum Gasteiger partial charge on any atom is -0.497 e. The largest absolute Gasteiger partial charge is 0.497 e. The number of epoxide rings is 1. The van der Waals surface area contributed by atoms with Crippen molar-refractivity contribution in [3.8, 4) is 5.75 Å². The molecule has 39 heavy (non-hydrogen) atoms. The molecule has 10 nitrogen and oxygen atoms in total. The summed E-state index contributed by atoms with van der Waals surface area (Å²) in [5, 5.41) is 8.27. The number of nitrogens with one attached hydrogen (secondary N) is 3. The van der Waals surface area contributed by atoms with Gasteiger partial charge in [0.15, 0.2) is 5.78 Å². The van der Waals surface area contributed by atoms with Crippen LogP contribution in [0.5, 0.6) is 5.75 Å². The van der Waals surface area contributed by atoms with Gasteiger partial charge >= 0.3 is 0 Å². The van der Waals surface area contributed by atoms with Gasteiger partial charge in [0.1, 0.15) is 30.0 Å². The Bertz CT molecular complexity index is 1150. The Labute approximate surface area is 227 Å². The van der Waals surface area contributed by atoms with Crippen LogP contribution in [0.4, 0.5) is 0 Å². The lowest BCUT2D eigenvalue weighted by molar-refractivity contribution is -0.135. The molecule has 0 aromatic heterocycles. The van der Waals surface area contributed by atoms with Crippen molar-refractivity contribution >= 4 is 23.5 Å². The van der Waals surface area contributed by atoms with Gasteiger partial charge in [-0.05, 0) is 49.4 Å². The van der Waals surface area contributed by atoms with Gasteiger partial charge in [0, 0.05) is 13.0 Å². The lowest BCUT2D eigenvalue weighted by Gasteiger charge is -2.25. The van der Waals surface area contributed by atoms with Crippen molar-refractivity contribution in [3.63, 3.8) is 0 Å². The number of hydrogen-bond acceptors (Lipinski definition) is 7. The fourth-order valence-corrected chi connectivity index (χ4v) is 4.44. The molecule has 10 heteroatoms. The van der Waals surface area contributed by atoms with Gasteiger partial charge in [-0.2, -0.15) is 0 Å². The number of carbonyl (C=O) groups excluding carboxylic acids is 4. The summed E-state index contributed by atoms with van der Waals surface area (Å²) >= 11 is 0. The summed E-state index contributed by atoms with van der Waals surface area (Å²) in [5.74, 6) is -0.936. The van der Waals surface area contributed by atoms with E-state index in [1.807, 2.05) is 30.3 Å². The number of ketones is 1. The molecule has 2 fully saturated rings. The highest BCUT2D eigenvalue weighted by Crippen LogP contribution is 2.17. The number of hydrogen-bond donors (Lipinski definition) is 3. The number of ether oxygens (including phenoxy) is 3. The quantitative estimate of drug-likeness (QED) is 0.326. The third-order valence-corrected chi connectivity index (χ3v) is 6.80. The van der Waals surface area contributed by atoms with E-state index in [9.17, 15) is 19.2 Å². The molecule has 5 atom stereocenters. The highest BCUT2D eigenvalue weighted by molar-refractivity contribution is 5.96. The fraction of sp³-hybridized carbons (Fsp3) is 0.448. The van der Waals surface area contributed by atoms with Crippen LogP contribution < -0.4 is 20.7 Å². The van der Waals surface area contributed by atoms with E-state index in [-0.39, 0.29) is 18.1 Å². The topological polar surface area (TPSA) is 135 Å². The zero-order chi connectivity index (χ0) is 27.8. The van der Waals surface area contributed by atoms with E-state index < -0.39 is 42.1 Å². The molecule has 0 saturated carbocycles. The van der Waals surface area contributed by atoms with Gasteiger partial charge in [0.05, 0.1) is 19.8 Å². The van der Waals surface area contributed by atoms with E-state index >= 15 is 0 Å². The molecule has 3 amide bonds. The average Bonchev–Trinajstić information content (AvgIpc) is 3.65. The van der Waals surface area contributed by atoms with Crippen molar-refractivity contribution in [2.24, 2.45) is 0 Å². The number of rotatable bonds is 13. The third kappa shape index (κ3) is 8.11. The van der Waals surface area contributed by atoms with Crippen LogP contribution in [0.15, 0.2) is 54.6 Å². The highest BCUT2D eigenvalue weighted by atomic mass is 16.6. The summed E-state index contributed by atoms with van der Waals surface area (Å²) in [5.41, 5.74) is 1.67. The number of Topliss-reactive ketones (excluding diaryl/α,β-unsaturated/α-hetero) is 1. The molecule has 0 radical (unpaired) electrons. The molecule has 4 rings (SSSR count). The molecule has 208 valence electrons. The number of methoxy groups -OCH3 is 1. The SMILES string of the molecule is COc1ccc(C[C@H](NC(=O)[C@H](C)NC(=O)[C@@H]2CCCO2)C(=O)N[C@@H](Cc2ccccc2)C(=O)[C@H]2CO2)cc1. The van der Waals surface area contributed by atoms with E-state index in [0.717, 1.165) is 17.5 Å². The molecule has 0 bridgehead atoms. The second kappa shape index (κ2) is 13.3. The monoisotopic (exact) mass is 537 g/mol. The van der Waals surface area contributed by atoms with Gasteiger partial charge in [-0.15, -0.1) is 0 Å². The van der Waals surface area contributed by atoms with Crippen molar-refractivity contribution in [1.82, 2.24) is 16.0 Å². The zero-order valence-electron chi connectivity index (χ0n) is 22.2. The van der Waals surface area contributed by atoms with Crippen molar-refractivity contribution in [2.45, 2.75) is 62.9 Å². The van der Waals surface area contributed by atoms with E-state index in [1.54, 1.807) is 38.3 Å². The summed E-state index contributed by atoms with van der Waals surface area (Å²) in [6.45, 7) is 2.39. The van der Waals surface area contributed by atoms with Gasteiger partial charge in [-0.1, -0.05) is 42.5 Å². The third-order valence-electron chi connectivity index (χ3n) is 6.80. The van der Waals surface area contributed by atoms with Crippen LogP contribution in [-0.2, 0) is 41.5 Å². The zero-order valence-corrected chi connectivity index (χ0v) is 22.2. The average molecular weight is 538 g/mol. The van der Waals surface area contributed by atoms with Crippen LogP contribution in [0.2, 0.25) is 0 Å². The predicted molar refractivity (Wildman–Crippen MR) is 142 cm³/mol. The summed E-state index contributed by atoms with van der Waals surface area (Å²) in [7, 11) is 1.56. The second-order valence-corrected chi connectivity index (χ2v) is 9.82. The Kier molecular flexibility index (Phi) is 9.67. The minimum atomic E-state index is -1.00. The first-order valence-electron chi connectivity index (χ1n) is 13.2. The van der Waals surface area contributed by atoms with Crippen LogP contribution in [0, 0.1) is 0 Å². The van der Waals surface area contributed by atoms with Crippen molar-refractivity contribution in [1.29, 1.82) is 0 Å². The molecular formula is C29H35N3O7. The fourth-order valence-electron chi connectivity index (χ4n) is 4.44. The molecule has 2 aromatic rings. The Morgan fingerprint density at radius 2 is 1.49 bits per heavy atom. The van der Waals surface area contributed by atoms with E-state index in [0.29, 0.717) is 31.8 Å². The van der Waals surface area contributed by atoms with Gasteiger partial charge < -0.3 is 30.2 Å². The molecule has 0 unspecified atom stereocenters. The molecule has 2 saturated heterocycles.